The summed E-state index contributed by atoms with van der Waals surface area (Å²) in [5.41, 5.74) is -0.286. The SMILES string of the molecule is COCOc1cc(C(F)(F)F)ccc1OC1[C@@H]2CC[C@H]1CN(c1ccc(C#N)cn1)C2. The van der Waals surface area contributed by atoms with E-state index in [9.17, 15) is 13.2 Å². The van der Waals surface area contributed by atoms with Crippen molar-refractivity contribution in [2.45, 2.75) is 25.1 Å². The molecule has 0 amide bonds. The van der Waals surface area contributed by atoms with Gasteiger partial charge in [-0.15, -0.1) is 0 Å². The van der Waals surface area contributed by atoms with Crippen LogP contribution in [0.5, 0.6) is 11.5 Å². The van der Waals surface area contributed by atoms with Gasteiger partial charge in [0.05, 0.1) is 11.1 Å². The summed E-state index contributed by atoms with van der Waals surface area (Å²) in [5, 5.41) is 8.95. The van der Waals surface area contributed by atoms with Crippen LogP contribution in [0, 0.1) is 23.2 Å². The number of anilines is 1. The quantitative estimate of drug-likeness (QED) is 0.635. The average molecular weight is 433 g/mol. The van der Waals surface area contributed by atoms with Crippen molar-refractivity contribution in [2.75, 3.05) is 31.9 Å². The van der Waals surface area contributed by atoms with E-state index in [1.807, 2.05) is 6.07 Å². The summed E-state index contributed by atoms with van der Waals surface area (Å²) in [6.45, 7) is 1.29. The van der Waals surface area contributed by atoms with Crippen LogP contribution in [0.4, 0.5) is 19.0 Å². The number of fused-ring (bicyclic) bond motifs is 2. The molecule has 1 aromatic heterocycles. The molecule has 1 aromatic carbocycles. The first-order valence-electron chi connectivity index (χ1n) is 10.00. The van der Waals surface area contributed by atoms with Crippen molar-refractivity contribution in [2.24, 2.45) is 11.8 Å². The first-order valence-corrected chi connectivity index (χ1v) is 10.00. The van der Waals surface area contributed by atoms with Gasteiger partial charge in [0.15, 0.2) is 18.3 Å². The lowest BCUT2D eigenvalue weighted by Crippen LogP contribution is -2.47. The lowest BCUT2D eigenvalue weighted by molar-refractivity contribution is -0.137. The van der Waals surface area contributed by atoms with Gasteiger partial charge in [0, 0.05) is 38.2 Å². The topological polar surface area (TPSA) is 67.6 Å². The molecular weight excluding hydrogens is 411 g/mol. The number of halogens is 3. The Hall–Kier alpha value is -2.99. The van der Waals surface area contributed by atoms with E-state index in [-0.39, 0.29) is 36.2 Å². The monoisotopic (exact) mass is 433 g/mol. The molecule has 2 aliphatic rings. The number of aromatic nitrogens is 1. The maximum absolute atomic E-state index is 13.1. The number of alkyl halides is 3. The van der Waals surface area contributed by atoms with Crippen LogP contribution in [0.3, 0.4) is 0 Å². The number of hydrogen-bond donors (Lipinski definition) is 0. The molecule has 1 unspecified atom stereocenters. The van der Waals surface area contributed by atoms with E-state index in [2.05, 4.69) is 16.0 Å². The van der Waals surface area contributed by atoms with E-state index in [0.29, 0.717) is 5.56 Å². The fraction of sp³-hybridized carbons (Fsp3) is 0.455. The fourth-order valence-electron chi connectivity index (χ4n) is 4.35. The van der Waals surface area contributed by atoms with Crippen LogP contribution < -0.4 is 14.4 Å². The molecule has 31 heavy (non-hydrogen) atoms. The van der Waals surface area contributed by atoms with Crippen molar-refractivity contribution in [3.63, 3.8) is 0 Å². The lowest BCUT2D eigenvalue weighted by atomic mass is 9.94. The van der Waals surface area contributed by atoms with Gasteiger partial charge < -0.3 is 19.1 Å². The normalized spacial score (nSPS) is 22.8. The van der Waals surface area contributed by atoms with Crippen LogP contribution in [-0.2, 0) is 10.9 Å². The second-order valence-electron chi connectivity index (χ2n) is 7.81. The van der Waals surface area contributed by atoms with Crippen molar-refractivity contribution in [1.29, 1.82) is 5.26 Å². The van der Waals surface area contributed by atoms with Crippen molar-refractivity contribution in [3.05, 3.63) is 47.7 Å². The van der Waals surface area contributed by atoms with Crippen LogP contribution in [0.25, 0.3) is 0 Å². The highest BCUT2D eigenvalue weighted by molar-refractivity contribution is 5.45. The number of methoxy groups -OCH3 is 1. The molecule has 164 valence electrons. The minimum atomic E-state index is -4.47. The first kappa shape index (κ1) is 21.2. The van der Waals surface area contributed by atoms with Gasteiger partial charge in [-0.25, -0.2) is 4.98 Å². The number of piperidine rings is 1. The van der Waals surface area contributed by atoms with Gasteiger partial charge in [0.2, 0.25) is 0 Å². The molecule has 6 nitrogen and oxygen atoms in total. The van der Waals surface area contributed by atoms with E-state index < -0.39 is 11.7 Å². The van der Waals surface area contributed by atoms with Crippen LogP contribution in [0.2, 0.25) is 0 Å². The van der Waals surface area contributed by atoms with Gasteiger partial charge in [-0.3, -0.25) is 0 Å². The Kier molecular flexibility index (Phi) is 5.92. The van der Waals surface area contributed by atoms with Gasteiger partial charge in [0.25, 0.3) is 0 Å². The van der Waals surface area contributed by atoms with E-state index in [1.54, 1.807) is 12.3 Å². The standard InChI is InChI=1S/C22H22F3N3O3/c1-29-13-30-19-8-17(22(23,24)25)5-6-18(19)31-21-15-3-4-16(21)12-28(11-15)20-7-2-14(9-26)10-27-20/h2,5-8,10,15-16,21H,3-4,11-13H2,1H3/t15-,16+,21?. The Morgan fingerprint density at radius 2 is 1.87 bits per heavy atom. The highest BCUT2D eigenvalue weighted by Crippen LogP contribution is 2.43. The number of hydrogen-bond acceptors (Lipinski definition) is 6. The van der Waals surface area contributed by atoms with E-state index in [0.717, 1.165) is 43.9 Å². The molecule has 2 heterocycles. The lowest BCUT2D eigenvalue weighted by Gasteiger charge is -2.38. The summed E-state index contributed by atoms with van der Waals surface area (Å²) in [7, 11) is 1.40. The number of pyridine rings is 1. The number of nitrogens with zero attached hydrogens (tertiary/aromatic N) is 3. The number of nitriles is 1. The van der Waals surface area contributed by atoms with Crippen molar-refractivity contribution in [1.82, 2.24) is 4.98 Å². The Bertz CT molecular complexity index is 945. The molecule has 0 N–H and O–H groups in total. The third kappa shape index (κ3) is 4.54. The predicted octanol–water partition coefficient (Wildman–Crippen LogP) is 4.25. The summed E-state index contributed by atoms with van der Waals surface area (Å²) < 4.78 is 55.8. The summed E-state index contributed by atoms with van der Waals surface area (Å²) in [5.74, 6) is 1.56. The maximum Gasteiger partial charge on any atom is 0.416 e. The molecule has 2 fully saturated rings. The number of ether oxygens (including phenoxy) is 3. The molecule has 2 bridgehead atoms. The van der Waals surface area contributed by atoms with Crippen LogP contribution in [0.15, 0.2) is 36.5 Å². The molecule has 9 heteroatoms. The average Bonchev–Trinajstić information content (AvgIpc) is 2.99. The smallest absolute Gasteiger partial charge is 0.416 e. The zero-order chi connectivity index (χ0) is 22.0. The van der Waals surface area contributed by atoms with E-state index >= 15 is 0 Å². The molecule has 4 rings (SSSR count). The second-order valence-corrected chi connectivity index (χ2v) is 7.81. The molecule has 2 aromatic rings. The maximum atomic E-state index is 13.1. The first-order chi connectivity index (χ1) is 14.9. The Morgan fingerprint density at radius 3 is 2.45 bits per heavy atom. The van der Waals surface area contributed by atoms with Crippen molar-refractivity contribution in [3.8, 4) is 17.6 Å². The third-order valence-electron chi connectivity index (χ3n) is 5.81. The van der Waals surface area contributed by atoms with E-state index in [4.69, 9.17) is 19.5 Å². The highest BCUT2D eigenvalue weighted by Gasteiger charge is 2.44. The van der Waals surface area contributed by atoms with Crippen molar-refractivity contribution >= 4 is 5.82 Å². The largest absolute Gasteiger partial charge is 0.486 e. The van der Waals surface area contributed by atoms with E-state index in [1.165, 1.54) is 13.2 Å². The van der Waals surface area contributed by atoms with Gasteiger partial charge in [-0.2, -0.15) is 18.4 Å². The molecule has 1 saturated carbocycles. The zero-order valence-electron chi connectivity index (χ0n) is 16.9. The molecular formula is C22H22F3N3O3. The Labute approximate surface area is 178 Å². The number of rotatable bonds is 6. The van der Waals surface area contributed by atoms with Crippen LogP contribution >= 0.6 is 0 Å². The van der Waals surface area contributed by atoms with Crippen molar-refractivity contribution < 1.29 is 27.4 Å². The second kappa shape index (κ2) is 8.63. The van der Waals surface area contributed by atoms with Crippen LogP contribution in [-0.4, -0.2) is 38.1 Å². The summed E-state index contributed by atoms with van der Waals surface area (Å²) in [6, 6.07) is 8.92. The summed E-state index contributed by atoms with van der Waals surface area (Å²) >= 11 is 0. The summed E-state index contributed by atoms with van der Waals surface area (Å²) in [4.78, 5) is 6.56. The minimum absolute atomic E-state index is 0.0206. The number of benzene rings is 1. The summed E-state index contributed by atoms with van der Waals surface area (Å²) in [6.07, 6.45) is -1.09. The van der Waals surface area contributed by atoms with Gasteiger partial charge in [-0.1, -0.05) is 0 Å². The third-order valence-corrected chi connectivity index (χ3v) is 5.81. The van der Waals surface area contributed by atoms with Gasteiger partial charge in [0.1, 0.15) is 18.0 Å². The highest BCUT2D eigenvalue weighted by atomic mass is 19.4. The van der Waals surface area contributed by atoms with Gasteiger partial charge in [-0.05, 0) is 43.2 Å². The zero-order valence-corrected chi connectivity index (χ0v) is 16.9. The molecule has 0 radical (unpaired) electrons. The Balaban J connectivity index is 1.51. The Morgan fingerprint density at radius 1 is 1.13 bits per heavy atom. The van der Waals surface area contributed by atoms with Gasteiger partial charge >= 0.3 is 6.18 Å². The fourth-order valence-corrected chi connectivity index (χ4v) is 4.35. The minimum Gasteiger partial charge on any atom is -0.486 e. The molecule has 1 aliphatic heterocycles. The van der Waals surface area contributed by atoms with Crippen LogP contribution in [0.1, 0.15) is 24.0 Å². The molecule has 0 spiro atoms. The predicted molar refractivity (Wildman–Crippen MR) is 106 cm³/mol. The molecule has 1 saturated heterocycles. The molecule has 1 aliphatic carbocycles. The molecule has 3 atom stereocenters.